The second-order valence-electron chi connectivity index (χ2n) is 7.18. The molecule has 6 nitrogen and oxygen atoms in total. The van der Waals surface area contributed by atoms with Gasteiger partial charge in [0, 0.05) is 31.5 Å². The second kappa shape index (κ2) is 8.61. The molecule has 0 N–H and O–H groups in total. The Morgan fingerprint density at radius 3 is 2.55 bits per heavy atom. The van der Waals surface area contributed by atoms with Crippen LogP contribution in [0, 0.1) is 11.3 Å². The van der Waals surface area contributed by atoms with Crippen molar-refractivity contribution in [3.05, 3.63) is 65.2 Å². The van der Waals surface area contributed by atoms with Crippen molar-refractivity contribution in [1.29, 1.82) is 5.26 Å². The van der Waals surface area contributed by atoms with Crippen molar-refractivity contribution in [3.8, 4) is 6.07 Å². The van der Waals surface area contributed by atoms with Crippen LogP contribution in [0.3, 0.4) is 0 Å². The Hall–Kier alpha value is -3.59. The number of fused-ring (bicyclic) bond motifs is 1. The molecule has 29 heavy (non-hydrogen) atoms. The van der Waals surface area contributed by atoms with E-state index in [0.29, 0.717) is 5.56 Å². The number of rotatable bonds is 5. The fraction of sp³-hybridized carbons (Fsp3) is 0.261. The summed E-state index contributed by atoms with van der Waals surface area (Å²) in [6.07, 6.45) is 2.22. The number of amides is 1. The van der Waals surface area contributed by atoms with Crippen LogP contribution < -0.4 is 9.80 Å². The minimum Gasteiger partial charge on any atom is -0.451 e. The summed E-state index contributed by atoms with van der Waals surface area (Å²) in [5.74, 6) is -1.11. The summed E-state index contributed by atoms with van der Waals surface area (Å²) in [6.45, 7) is 1.55. The first-order valence-corrected chi connectivity index (χ1v) is 9.37. The molecule has 1 aliphatic rings. The number of carbonyl (C=O) groups is 2. The molecule has 1 atom stereocenters. The summed E-state index contributed by atoms with van der Waals surface area (Å²) in [5, 5.41) is 9.33. The summed E-state index contributed by atoms with van der Waals surface area (Å²) in [4.78, 5) is 28.5. The molecular formula is C23H23N3O3. The van der Waals surface area contributed by atoms with Gasteiger partial charge in [-0.2, -0.15) is 5.26 Å². The molecular weight excluding hydrogens is 366 g/mol. The van der Waals surface area contributed by atoms with Crippen LogP contribution in [0.25, 0.3) is 6.08 Å². The van der Waals surface area contributed by atoms with Gasteiger partial charge < -0.3 is 14.5 Å². The molecule has 1 unspecified atom stereocenters. The predicted octanol–water partition coefficient (Wildman–Crippen LogP) is 3.18. The molecule has 0 spiro atoms. The van der Waals surface area contributed by atoms with E-state index in [2.05, 4.69) is 0 Å². The zero-order valence-corrected chi connectivity index (χ0v) is 16.8. The zero-order chi connectivity index (χ0) is 21.0. The van der Waals surface area contributed by atoms with E-state index in [4.69, 9.17) is 4.74 Å². The van der Waals surface area contributed by atoms with Gasteiger partial charge in [0.25, 0.3) is 5.91 Å². The Balaban J connectivity index is 1.66. The predicted molar refractivity (Wildman–Crippen MR) is 112 cm³/mol. The number of ether oxygens (including phenoxy) is 1. The van der Waals surface area contributed by atoms with Gasteiger partial charge in [-0.15, -0.1) is 0 Å². The van der Waals surface area contributed by atoms with Crippen LogP contribution in [0.4, 0.5) is 11.4 Å². The van der Waals surface area contributed by atoms with E-state index < -0.39 is 12.6 Å². The first kappa shape index (κ1) is 20.2. The Morgan fingerprint density at radius 2 is 1.90 bits per heavy atom. The van der Waals surface area contributed by atoms with Crippen molar-refractivity contribution in [2.24, 2.45) is 0 Å². The van der Waals surface area contributed by atoms with Gasteiger partial charge in [-0.25, -0.2) is 4.79 Å². The summed E-state index contributed by atoms with van der Waals surface area (Å²) in [5.41, 5.74) is 3.51. The van der Waals surface area contributed by atoms with Crippen LogP contribution in [0.15, 0.2) is 54.1 Å². The van der Waals surface area contributed by atoms with Crippen LogP contribution in [0.1, 0.15) is 18.1 Å². The van der Waals surface area contributed by atoms with Crippen LogP contribution in [0.5, 0.6) is 0 Å². The van der Waals surface area contributed by atoms with E-state index in [1.54, 1.807) is 4.90 Å². The normalized spacial score (nSPS) is 15.4. The summed E-state index contributed by atoms with van der Waals surface area (Å²) < 4.78 is 5.14. The molecule has 0 aromatic heterocycles. The van der Waals surface area contributed by atoms with E-state index in [1.807, 2.05) is 80.5 Å². The van der Waals surface area contributed by atoms with Crippen LogP contribution in [0.2, 0.25) is 0 Å². The highest BCUT2D eigenvalue weighted by molar-refractivity contribution is 6.01. The number of para-hydroxylation sites is 1. The van der Waals surface area contributed by atoms with Crippen molar-refractivity contribution in [1.82, 2.24) is 0 Å². The van der Waals surface area contributed by atoms with Gasteiger partial charge in [0.05, 0.1) is 0 Å². The maximum Gasteiger partial charge on any atom is 0.349 e. The molecule has 0 fully saturated rings. The molecule has 1 amide bonds. The number of esters is 1. The fourth-order valence-corrected chi connectivity index (χ4v) is 3.39. The lowest BCUT2D eigenvalue weighted by molar-refractivity contribution is -0.143. The van der Waals surface area contributed by atoms with Gasteiger partial charge in [0.15, 0.2) is 6.61 Å². The van der Waals surface area contributed by atoms with Gasteiger partial charge >= 0.3 is 5.97 Å². The molecule has 0 saturated heterocycles. The third-order valence-electron chi connectivity index (χ3n) is 4.86. The van der Waals surface area contributed by atoms with Gasteiger partial charge in [-0.3, -0.25) is 4.79 Å². The quantitative estimate of drug-likeness (QED) is 0.446. The maximum atomic E-state index is 12.6. The largest absolute Gasteiger partial charge is 0.451 e. The van der Waals surface area contributed by atoms with Gasteiger partial charge in [-0.05, 0) is 48.7 Å². The SMILES string of the molecule is CC1Cc2ccccc2N1C(=O)COC(=O)/C(C#N)=C/c1ccc(N(C)C)cc1. The highest BCUT2D eigenvalue weighted by atomic mass is 16.5. The second-order valence-corrected chi connectivity index (χ2v) is 7.18. The number of nitriles is 1. The first-order chi connectivity index (χ1) is 13.9. The van der Waals surface area contributed by atoms with E-state index in [1.165, 1.54) is 6.08 Å². The Labute approximate surface area is 170 Å². The van der Waals surface area contributed by atoms with Crippen molar-refractivity contribution in [3.63, 3.8) is 0 Å². The summed E-state index contributed by atoms with van der Waals surface area (Å²) >= 11 is 0. The van der Waals surface area contributed by atoms with Gasteiger partial charge in [0.1, 0.15) is 11.6 Å². The minimum atomic E-state index is -0.808. The number of hydrogen-bond acceptors (Lipinski definition) is 5. The Morgan fingerprint density at radius 1 is 1.21 bits per heavy atom. The van der Waals surface area contributed by atoms with Gasteiger partial charge in [0.2, 0.25) is 0 Å². The lowest BCUT2D eigenvalue weighted by Crippen LogP contribution is -2.38. The molecule has 0 saturated carbocycles. The van der Waals surface area contributed by atoms with Crippen molar-refractivity contribution in [2.45, 2.75) is 19.4 Å². The van der Waals surface area contributed by atoms with E-state index in [9.17, 15) is 14.9 Å². The topological polar surface area (TPSA) is 73.6 Å². The maximum absolute atomic E-state index is 12.6. The number of nitrogens with zero attached hydrogens (tertiary/aromatic N) is 3. The van der Waals surface area contributed by atoms with E-state index in [0.717, 1.165) is 23.4 Å². The first-order valence-electron chi connectivity index (χ1n) is 9.37. The third kappa shape index (κ3) is 4.46. The third-order valence-corrected chi connectivity index (χ3v) is 4.86. The van der Waals surface area contributed by atoms with Crippen LogP contribution >= 0.6 is 0 Å². The molecule has 1 aliphatic heterocycles. The molecule has 1 heterocycles. The molecule has 0 aliphatic carbocycles. The zero-order valence-electron chi connectivity index (χ0n) is 16.8. The molecule has 3 rings (SSSR count). The molecule has 2 aromatic carbocycles. The number of hydrogen-bond donors (Lipinski definition) is 0. The molecule has 0 bridgehead atoms. The lowest BCUT2D eigenvalue weighted by Gasteiger charge is -2.22. The summed E-state index contributed by atoms with van der Waals surface area (Å²) in [7, 11) is 3.86. The number of benzene rings is 2. The average molecular weight is 389 g/mol. The number of anilines is 2. The van der Waals surface area contributed by atoms with E-state index in [-0.39, 0.29) is 17.5 Å². The lowest BCUT2D eigenvalue weighted by atomic mass is 10.1. The van der Waals surface area contributed by atoms with Crippen molar-refractivity contribution in [2.75, 3.05) is 30.5 Å². The molecule has 148 valence electrons. The van der Waals surface area contributed by atoms with Gasteiger partial charge in [-0.1, -0.05) is 30.3 Å². The van der Waals surface area contributed by atoms with Crippen LogP contribution in [-0.4, -0.2) is 38.6 Å². The van der Waals surface area contributed by atoms with Crippen molar-refractivity contribution >= 4 is 29.3 Å². The monoisotopic (exact) mass is 389 g/mol. The molecule has 6 heteroatoms. The molecule has 2 aromatic rings. The minimum absolute atomic E-state index is 0.000192. The smallest absolute Gasteiger partial charge is 0.349 e. The highest BCUT2D eigenvalue weighted by Gasteiger charge is 2.31. The molecule has 0 radical (unpaired) electrons. The fourth-order valence-electron chi connectivity index (χ4n) is 3.39. The van der Waals surface area contributed by atoms with Crippen LogP contribution in [-0.2, 0) is 20.7 Å². The van der Waals surface area contributed by atoms with Crippen molar-refractivity contribution < 1.29 is 14.3 Å². The number of carbonyl (C=O) groups excluding carboxylic acids is 2. The average Bonchev–Trinajstić information content (AvgIpc) is 3.06. The standard InChI is InChI=1S/C23H23N3O3/c1-16-12-18-6-4-5-7-21(18)26(16)22(27)15-29-23(28)19(14-24)13-17-8-10-20(11-9-17)25(2)3/h4-11,13,16H,12,15H2,1-3H3/b19-13+. The Bertz CT molecular complexity index is 987. The van der Waals surface area contributed by atoms with E-state index >= 15 is 0 Å². The highest BCUT2D eigenvalue weighted by Crippen LogP contribution is 2.31. The Kier molecular flexibility index (Phi) is 5.99. The summed E-state index contributed by atoms with van der Waals surface area (Å²) in [6, 6.07) is 17.0.